The van der Waals surface area contributed by atoms with Gasteiger partial charge in [-0.05, 0) is 18.2 Å². The molecule has 1 amide bonds. The van der Waals surface area contributed by atoms with E-state index in [0.29, 0.717) is 11.4 Å². The number of hydrogen-bond donors (Lipinski definition) is 3. The van der Waals surface area contributed by atoms with Crippen LogP contribution >= 0.6 is 0 Å². The van der Waals surface area contributed by atoms with Crippen LogP contribution in [0.3, 0.4) is 0 Å². The van der Waals surface area contributed by atoms with E-state index >= 15 is 0 Å². The van der Waals surface area contributed by atoms with Crippen LogP contribution in [-0.2, 0) is 4.79 Å². The summed E-state index contributed by atoms with van der Waals surface area (Å²) in [6.45, 7) is 1.35. The van der Waals surface area contributed by atoms with Gasteiger partial charge in [0.15, 0.2) is 0 Å². The first-order valence-electron chi connectivity index (χ1n) is 4.36. The Morgan fingerprint density at radius 1 is 1.47 bits per heavy atom. The second kappa shape index (κ2) is 4.81. The summed E-state index contributed by atoms with van der Waals surface area (Å²) in [6.07, 6.45) is 0. The van der Waals surface area contributed by atoms with Crippen molar-refractivity contribution in [1.29, 1.82) is 0 Å². The Morgan fingerprint density at radius 2 is 2.13 bits per heavy atom. The zero-order valence-electron chi connectivity index (χ0n) is 8.52. The SMILES string of the molecule is COc1ccc(NC(C)=O)c(B(O)O)c1. The Labute approximate surface area is 87.8 Å². The van der Waals surface area contributed by atoms with E-state index in [9.17, 15) is 4.79 Å². The number of benzene rings is 1. The van der Waals surface area contributed by atoms with E-state index in [1.807, 2.05) is 0 Å². The van der Waals surface area contributed by atoms with Crippen LogP contribution in [0.25, 0.3) is 0 Å². The number of amides is 1. The molecule has 0 fully saturated rings. The molecular formula is C9H12BNO4. The second-order valence-corrected chi connectivity index (χ2v) is 3.01. The lowest BCUT2D eigenvalue weighted by atomic mass is 9.79. The maximum absolute atomic E-state index is 10.8. The van der Waals surface area contributed by atoms with Crippen LogP contribution < -0.4 is 15.5 Å². The summed E-state index contributed by atoms with van der Waals surface area (Å²) in [5, 5.41) is 20.7. The van der Waals surface area contributed by atoms with Gasteiger partial charge < -0.3 is 20.1 Å². The van der Waals surface area contributed by atoms with Crippen molar-refractivity contribution in [3.8, 4) is 5.75 Å². The van der Waals surface area contributed by atoms with Crippen LogP contribution in [-0.4, -0.2) is 30.2 Å². The fourth-order valence-electron chi connectivity index (χ4n) is 1.18. The molecule has 0 saturated heterocycles. The van der Waals surface area contributed by atoms with Crippen molar-refractivity contribution in [3.05, 3.63) is 18.2 Å². The molecule has 0 saturated carbocycles. The topological polar surface area (TPSA) is 78.8 Å². The van der Waals surface area contributed by atoms with Gasteiger partial charge in [-0.1, -0.05) is 0 Å². The van der Waals surface area contributed by atoms with Gasteiger partial charge in [0.2, 0.25) is 5.91 Å². The van der Waals surface area contributed by atoms with Gasteiger partial charge in [-0.3, -0.25) is 4.79 Å². The molecule has 0 spiro atoms. The van der Waals surface area contributed by atoms with Gasteiger partial charge in [-0.25, -0.2) is 0 Å². The second-order valence-electron chi connectivity index (χ2n) is 3.01. The van der Waals surface area contributed by atoms with E-state index in [-0.39, 0.29) is 11.4 Å². The molecule has 0 aliphatic heterocycles. The molecule has 15 heavy (non-hydrogen) atoms. The van der Waals surface area contributed by atoms with E-state index in [1.54, 1.807) is 12.1 Å². The molecule has 0 aliphatic carbocycles. The van der Waals surface area contributed by atoms with Gasteiger partial charge >= 0.3 is 7.12 Å². The summed E-state index contributed by atoms with van der Waals surface area (Å²) in [5.41, 5.74) is 0.558. The Kier molecular flexibility index (Phi) is 3.71. The molecule has 0 radical (unpaired) electrons. The lowest BCUT2D eigenvalue weighted by Gasteiger charge is -2.10. The average molecular weight is 209 g/mol. The number of nitrogens with one attached hydrogen (secondary N) is 1. The molecule has 0 heterocycles. The van der Waals surface area contributed by atoms with Gasteiger partial charge in [-0.15, -0.1) is 0 Å². The van der Waals surface area contributed by atoms with Crippen molar-refractivity contribution >= 4 is 24.2 Å². The predicted octanol–water partition coefficient (Wildman–Crippen LogP) is -0.667. The maximum Gasteiger partial charge on any atom is 0.490 e. The monoisotopic (exact) mass is 209 g/mol. The van der Waals surface area contributed by atoms with E-state index in [0.717, 1.165) is 0 Å². The lowest BCUT2D eigenvalue weighted by molar-refractivity contribution is -0.114. The number of rotatable bonds is 3. The molecule has 0 atom stereocenters. The fraction of sp³-hybridized carbons (Fsp3) is 0.222. The molecule has 1 aromatic rings. The summed E-state index contributed by atoms with van der Waals surface area (Å²) >= 11 is 0. The number of anilines is 1. The normalized spacial score (nSPS) is 9.60. The minimum Gasteiger partial charge on any atom is -0.497 e. The highest BCUT2D eigenvalue weighted by atomic mass is 16.5. The van der Waals surface area contributed by atoms with Gasteiger partial charge in [0.05, 0.1) is 7.11 Å². The minimum absolute atomic E-state index is 0.199. The summed E-state index contributed by atoms with van der Waals surface area (Å²) in [7, 11) is -0.178. The molecule has 0 bridgehead atoms. The van der Waals surface area contributed by atoms with Crippen molar-refractivity contribution in [2.75, 3.05) is 12.4 Å². The fourth-order valence-corrected chi connectivity index (χ4v) is 1.18. The molecule has 0 aromatic heterocycles. The third-order valence-corrected chi connectivity index (χ3v) is 1.85. The smallest absolute Gasteiger partial charge is 0.490 e. The van der Waals surface area contributed by atoms with Crippen molar-refractivity contribution in [2.45, 2.75) is 6.92 Å². The average Bonchev–Trinajstić information content (AvgIpc) is 2.17. The van der Waals surface area contributed by atoms with Crippen LogP contribution in [0.15, 0.2) is 18.2 Å². The van der Waals surface area contributed by atoms with Crippen LogP contribution in [0.2, 0.25) is 0 Å². The lowest BCUT2D eigenvalue weighted by Crippen LogP contribution is -2.33. The Morgan fingerprint density at radius 3 is 2.60 bits per heavy atom. The van der Waals surface area contributed by atoms with Gasteiger partial charge in [0.1, 0.15) is 5.75 Å². The first-order chi connectivity index (χ1) is 7.04. The van der Waals surface area contributed by atoms with Crippen molar-refractivity contribution < 1.29 is 19.6 Å². The molecule has 3 N–H and O–H groups in total. The Bertz CT molecular complexity index is 367. The minimum atomic E-state index is -1.65. The number of hydrogen-bond acceptors (Lipinski definition) is 4. The van der Waals surface area contributed by atoms with Crippen molar-refractivity contribution in [2.24, 2.45) is 0 Å². The highest BCUT2D eigenvalue weighted by molar-refractivity contribution is 6.60. The predicted molar refractivity (Wildman–Crippen MR) is 57.1 cm³/mol. The standard InChI is InChI=1S/C9H12BNO4/c1-6(12)11-9-4-3-7(15-2)5-8(9)10(13)14/h3-5,13-14H,1-2H3,(H,11,12). The molecule has 0 unspecified atom stereocenters. The van der Waals surface area contributed by atoms with Crippen LogP contribution in [0.1, 0.15) is 6.92 Å². The van der Waals surface area contributed by atoms with Gasteiger partial charge in [-0.2, -0.15) is 0 Å². The van der Waals surface area contributed by atoms with Crippen molar-refractivity contribution in [3.63, 3.8) is 0 Å². The number of carbonyl (C=O) groups is 1. The summed E-state index contributed by atoms with van der Waals surface area (Å²) < 4.78 is 4.93. The van der Waals surface area contributed by atoms with Crippen LogP contribution in [0, 0.1) is 0 Å². The van der Waals surface area contributed by atoms with Crippen LogP contribution in [0.4, 0.5) is 5.69 Å². The number of carbonyl (C=O) groups excluding carboxylic acids is 1. The summed E-state index contributed by atoms with van der Waals surface area (Å²) in [5.74, 6) is 0.217. The number of ether oxygens (including phenoxy) is 1. The molecular weight excluding hydrogens is 197 g/mol. The Balaban J connectivity index is 3.09. The van der Waals surface area contributed by atoms with E-state index in [4.69, 9.17) is 14.8 Å². The molecule has 6 heteroatoms. The molecule has 1 aromatic carbocycles. The molecule has 1 rings (SSSR count). The quantitative estimate of drug-likeness (QED) is 0.577. The maximum atomic E-state index is 10.8. The largest absolute Gasteiger partial charge is 0.497 e. The van der Waals surface area contributed by atoms with Gasteiger partial charge in [0, 0.05) is 18.1 Å². The highest BCUT2D eigenvalue weighted by Gasteiger charge is 2.17. The van der Waals surface area contributed by atoms with Crippen LogP contribution in [0.5, 0.6) is 5.75 Å². The first-order valence-corrected chi connectivity index (χ1v) is 4.36. The van der Waals surface area contributed by atoms with Gasteiger partial charge in [0.25, 0.3) is 0 Å². The van der Waals surface area contributed by atoms with Crippen molar-refractivity contribution in [1.82, 2.24) is 0 Å². The zero-order valence-corrected chi connectivity index (χ0v) is 8.52. The molecule has 0 aliphatic rings. The summed E-state index contributed by atoms with van der Waals surface area (Å²) in [6, 6.07) is 4.63. The first kappa shape index (κ1) is 11.5. The zero-order chi connectivity index (χ0) is 11.4. The molecule has 5 nitrogen and oxygen atoms in total. The van der Waals surface area contributed by atoms with E-state index in [1.165, 1.54) is 20.1 Å². The molecule has 80 valence electrons. The number of methoxy groups -OCH3 is 1. The summed E-state index contributed by atoms with van der Waals surface area (Å²) in [4.78, 5) is 10.8. The highest BCUT2D eigenvalue weighted by Crippen LogP contribution is 2.13. The third-order valence-electron chi connectivity index (χ3n) is 1.85. The van der Waals surface area contributed by atoms with E-state index in [2.05, 4.69) is 5.32 Å². The third kappa shape index (κ3) is 2.97. The van der Waals surface area contributed by atoms with E-state index < -0.39 is 7.12 Å². The Hall–Kier alpha value is -1.53.